The predicted octanol–water partition coefficient (Wildman–Crippen LogP) is 2.69. The van der Waals surface area contributed by atoms with Gasteiger partial charge in [-0.15, -0.1) is 0 Å². The highest BCUT2D eigenvalue weighted by molar-refractivity contribution is 5.90. The number of phenols is 1. The van der Waals surface area contributed by atoms with Gasteiger partial charge in [0.1, 0.15) is 12.1 Å². The van der Waals surface area contributed by atoms with Crippen molar-refractivity contribution >= 4 is 28.6 Å². The van der Waals surface area contributed by atoms with Crippen LogP contribution >= 0.6 is 0 Å². The van der Waals surface area contributed by atoms with Crippen LogP contribution in [0.3, 0.4) is 0 Å². The van der Waals surface area contributed by atoms with Gasteiger partial charge in [0.05, 0.1) is 16.7 Å². The van der Waals surface area contributed by atoms with E-state index < -0.39 is 4.92 Å². The number of rotatable bonds is 4. The van der Waals surface area contributed by atoms with Crippen LogP contribution in [-0.4, -0.2) is 26.2 Å². The second-order valence-corrected chi connectivity index (χ2v) is 4.61. The third-order valence-corrected chi connectivity index (χ3v) is 3.14. The molecule has 0 saturated heterocycles. The quantitative estimate of drug-likeness (QED) is 0.435. The number of benzene rings is 2. The number of phenolic OH excluding ortho intramolecular Hbond substituents is 1. The van der Waals surface area contributed by atoms with Gasteiger partial charge >= 0.3 is 0 Å². The van der Waals surface area contributed by atoms with Crippen LogP contribution in [0.5, 0.6) is 5.75 Å². The van der Waals surface area contributed by atoms with E-state index in [0.29, 0.717) is 5.82 Å². The van der Waals surface area contributed by atoms with Crippen LogP contribution in [-0.2, 0) is 0 Å². The standard InChI is InChI=1S/C15H11N5O3/c21-14-6-5-11(20(22)23)7-10(14)8-18-19-15-12-3-1-2-4-13(12)16-9-17-15/h1-9,21H,(H,16,17,19)/b18-8-. The minimum absolute atomic E-state index is 0.103. The molecule has 8 nitrogen and oxygen atoms in total. The highest BCUT2D eigenvalue weighted by atomic mass is 16.6. The number of non-ortho nitro benzene ring substituents is 1. The van der Waals surface area contributed by atoms with E-state index in [4.69, 9.17) is 0 Å². The molecule has 0 aliphatic heterocycles. The van der Waals surface area contributed by atoms with E-state index in [2.05, 4.69) is 20.5 Å². The van der Waals surface area contributed by atoms with Crippen molar-refractivity contribution in [1.29, 1.82) is 0 Å². The summed E-state index contributed by atoms with van der Waals surface area (Å²) in [6.45, 7) is 0. The van der Waals surface area contributed by atoms with Crippen molar-refractivity contribution < 1.29 is 10.0 Å². The zero-order chi connectivity index (χ0) is 16.2. The molecule has 0 amide bonds. The fourth-order valence-corrected chi connectivity index (χ4v) is 2.02. The first-order chi connectivity index (χ1) is 11.1. The van der Waals surface area contributed by atoms with Gasteiger partial charge < -0.3 is 5.11 Å². The summed E-state index contributed by atoms with van der Waals surface area (Å²) in [4.78, 5) is 18.4. The summed E-state index contributed by atoms with van der Waals surface area (Å²) in [6, 6.07) is 11.1. The highest BCUT2D eigenvalue weighted by Gasteiger charge is 2.08. The molecule has 0 unspecified atom stereocenters. The number of aromatic nitrogens is 2. The lowest BCUT2D eigenvalue weighted by Gasteiger charge is -2.03. The zero-order valence-electron chi connectivity index (χ0n) is 11.7. The Morgan fingerprint density at radius 1 is 1.22 bits per heavy atom. The Kier molecular flexibility index (Phi) is 3.79. The molecule has 1 aromatic heterocycles. The summed E-state index contributed by atoms with van der Waals surface area (Å²) in [5.41, 5.74) is 3.61. The van der Waals surface area contributed by atoms with Crippen molar-refractivity contribution in [2.45, 2.75) is 0 Å². The van der Waals surface area contributed by atoms with E-state index in [9.17, 15) is 15.2 Å². The molecule has 3 aromatic rings. The molecule has 0 fully saturated rings. The van der Waals surface area contributed by atoms with Crippen LogP contribution in [0.2, 0.25) is 0 Å². The Morgan fingerprint density at radius 2 is 2.04 bits per heavy atom. The topological polar surface area (TPSA) is 114 Å². The Balaban J connectivity index is 1.86. The van der Waals surface area contributed by atoms with Gasteiger partial charge in [-0.2, -0.15) is 5.10 Å². The van der Waals surface area contributed by atoms with Crippen molar-refractivity contribution in [3.63, 3.8) is 0 Å². The molecule has 2 N–H and O–H groups in total. The number of nitro groups is 1. The number of nitrogens with one attached hydrogen (secondary N) is 1. The van der Waals surface area contributed by atoms with Crippen LogP contribution in [0.1, 0.15) is 5.56 Å². The number of hydrazone groups is 1. The fourth-order valence-electron chi connectivity index (χ4n) is 2.02. The third kappa shape index (κ3) is 3.05. The van der Waals surface area contributed by atoms with E-state index in [-0.39, 0.29) is 17.0 Å². The van der Waals surface area contributed by atoms with Crippen molar-refractivity contribution in [2.75, 3.05) is 5.43 Å². The number of fused-ring (bicyclic) bond motifs is 1. The molecule has 0 aliphatic carbocycles. The summed E-state index contributed by atoms with van der Waals surface area (Å²) in [6.07, 6.45) is 2.70. The zero-order valence-corrected chi connectivity index (χ0v) is 11.7. The van der Waals surface area contributed by atoms with Crippen LogP contribution in [0.15, 0.2) is 53.9 Å². The van der Waals surface area contributed by atoms with Gasteiger partial charge in [-0.25, -0.2) is 9.97 Å². The second kappa shape index (κ2) is 6.06. The Hall–Kier alpha value is -3.55. The minimum Gasteiger partial charge on any atom is -0.507 e. The molecular weight excluding hydrogens is 298 g/mol. The van der Waals surface area contributed by atoms with Gasteiger partial charge in [0.2, 0.25) is 0 Å². The van der Waals surface area contributed by atoms with Gasteiger partial charge in [0.15, 0.2) is 5.82 Å². The normalized spacial score (nSPS) is 11.0. The number of aromatic hydroxyl groups is 1. The SMILES string of the molecule is O=[N+]([O-])c1ccc(O)c(/C=N\Nc2ncnc3ccccc23)c1. The van der Waals surface area contributed by atoms with Crippen LogP contribution in [0.4, 0.5) is 11.5 Å². The summed E-state index contributed by atoms with van der Waals surface area (Å²) >= 11 is 0. The summed E-state index contributed by atoms with van der Waals surface area (Å²) in [7, 11) is 0. The van der Waals surface area contributed by atoms with E-state index in [1.54, 1.807) is 0 Å². The number of nitro benzene ring substituents is 1. The molecule has 0 saturated carbocycles. The monoisotopic (exact) mass is 309 g/mol. The first kappa shape index (κ1) is 14.4. The van der Waals surface area contributed by atoms with E-state index in [1.807, 2.05) is 24.3 Å². The maximum Gasteiger partial charge on any atom is 0.270 e. The van der Waals surface area contributed by atoms with Crippen molar-refractivity contribution in [3.8, 4) is 5.75 Å². The van der Waals surface area contributed by atoms with Crippen LogP contribution in [0.25, 0.3) is 10.9 Å². The minimum atomic E-state index is -0.540. The molecule has 3 rings (SSSR count). The molecule has 0 bridgehead atoms. The number of para-hydroxylation sites is 1. The Bertz CT molecular complexity index is 905. The average Bonchev–Trinajstić information content (AvgIpc) is 2.56. The maximum absolute atomic E-state index is 10.8. The number of anilines is 1. The van der Waals surface area contributed by atoms with Crippen molar-refractivity contribution in [2.24, 2.45) is 5.10 Å². The van der Waals surface area contributed by atoms with Crippen LogP contribution < -0.4 is 5.43 Å². The van der Waals surface area contributed by atoms with Crippen molar-refractivity contribution in [1.82, 2.24) is 9.97 Å². The molecule has 8 heteroatoms. The largest absolute Gasteiger partial charge is 0.507 e. The lowest BCUT2D eigenvalue weighted by molar-refractivity contribution is -0.384. The molecule has 0 radical (unpaired) electrons. The second-order valence-electron chi connectivity index (χ2n) is 4.61. The lowest BCUT2D eigenvalue weighted by atomic mass is 10.2. The van der Waals surface area contributed by atoms with Gasteiger partial charge in [-0.05, 0) is 18.2 Å². The molecule has 114 valence electrons. The molecule has 0 atom stereocenters. The number of nitrogens with zero attached hydrogens (tertiary/aromatic N) is 4. The third-order valence-electron chi connectivity index (χ3n) is 3.14. The van der Waals surface area contributed by atoms with Gasteiger partial charge in [0, 0.05) is 23.1 Å². The maximum atomic E-state index is 10.8. The van der Waals surface area contributed by atoms with Gasteiger partial charge in [-0.1, -0.05) is 12.1 Å². The summed E-state index contributed by atoms with van der Waals surface area (Å²) in [5.74, 6) is 0.394. The fraction of sp³-hybridized carbons (Fsp3) is 0. The summed E-state index contributed by atoms with van der Waals surface area (Å²) < 4.78 is 0. The molecule has 0 aliphatic rings. The molecular formula is C15H11N5O3. The first-order valence-electron chi connectivity index (χ1n) is 6.61. The van der Waals surface area contributed by atoms with E-state index in [1.165, 1.54) is 30.7 Å². The Morgan fingerprint density at radius 3 is 2.87 bits per heavy atom. The summed E-state index contributed by atoms with van der Waals surface area (Å²) in [5, 5.41) is 25.2. The number of hydrogen-bond donors (Lipinski definition) is 2. The highest BCUT2D eigenvalue weighted by Crippen LogP contribution is 2.22. The molecule has 1 heterocycles. The molecule has 0 spiro atoms. The smallest absolute Gasteiger partial charge is 0.270 e. The molecule has 23 heavy (non-hydrogen) atoms. The van der Waals surface area contributed by atoms with Crippen molar-refractivity contribution in [3.05, 3.63) is 64.5 Å². The number of hydrogen-bond acceptors (Lipinski definition) is 7. The first-order valence-corrected chi connectivity index (χ1v) is 6.61. The van der Waals surface area contributed by atoms with E-state index in [0.717, 1.165) is 10.9 Å². The van der Waals surface area contributed by atoms with E-state index >= 15 is 0 Å². The van der Waals surface area contributed by atoms with Gasteiger partial charge in [0.25, 0.3) is 5.69 Å². The Labute approximate surface area is 130 Å². The van der Waals surface area contributed by atoms with Crippen LogP contribution in [0, 0.1) is 10.1 Å². The van der Waals surface area contributed by atoms with Gasteiger partial charge in [-0.3, -0.25) is 15.5 Å². The lowest BCUT2D eigenvalue weighted by Crippen LogP contribution is -1.96. The average molecular weight is 309 g/mol. The predicted molar refractivity (Wildman–Crippen MR) is 85.5 cm³/mol. The molecule has 2 aromatic carbocycles.